The van der Waals surface area contributed by atoms with Crippen molar-refractivity contribution in [1.82, 2.24) is 5.32 Å². The number of carbonyl (C=O) groups excluding carboxylic acids is 2. The maximum Gasteiger partial charge on any atom is 0.331 e. The number of hydrogen-bond acceptors (Lipinski definition) is 7. The molecule has 0 atom stereocenters. The van der Waals surface area contributed by atoms with Crippen molar-refractivity contribution in [3.63, 3.8) is 0 Å². The average molecular weight is 413 g/mol. The fourth-order valence-electron chi connectivity index (χ4n) is 2.83. The third kappa shape index (κ3) is 5.44. The molecule has 8 heteroatoms. The minimum absolute atomic E-state index is 0.271. The molecular formula is C22H23NO7. The smallest absolute Gasteiger partial charge is 0.331 e. The van der Waals surface area contributed by atoms with Crippen LogP contribution >= 0.6 is 0 Å². The lowest BCUT2D eigenvalue weighted by molar-refractivity contribution is -0.143. The monoisotopic (exact) mass is 413 g/mol. The van der Waals surface area contributed by atoms with Crippen LogP contribution in [0.25, 0.3) is 6.08 Å². The summed E-state index contributed by atoms with van der Waals surface area (Å²) in [6, 6.07) is 10.8. The molecule has 1 aliphatic heterocycles. The van der Waals surface area contributed by atoms with Crippen LogP contribution in [0.4, 0.5) is 0 Å². The first kappa shape index (κ1) is 21.0. The summed E-state index contributed by atoms with van der Waals surface area (Å²) in [5.41, 5.74) is 1.50. The Morgan fingerprint density at radius 2 is 1.83 bits per heavy atom. The topological polar surface area (TPSA) is 92.3 Å². The van der Waals surface area contributed by atoms with E-state index in [9.17, 15) is 9.59 Å². The van der Waals surface area contributed by atoms with Crippen LogP contribution in [0.3, 0.4) is 0 Å². The maximum absolute atomic E-state index is 11.9. The molecular weight excluding hydrogens is 390 g/mol. The third-order valence-electron chi connectivity index (χ3n) is 4.28. The fraction of sp³-hybridized carbons (Fsp3) is 0.273. The van der Waals surface area contributed by atoms with Gasteiger partial charge in [0, 0.05) is 18.2 Å². The third-order valence-corrected chi connectivity index (χ3v) is 4.28. The molecule has 0 aromatic heterocycles. The lowest BCUT2D eigenvalue weighted by Gasteiger charge is -2.20. The molecule has 0 unspecified atom stereocenters. The Morgan fingerprint density at radius 1 is 1.07 bits per heavy atom. The highest BCUT2D eigenvalue weighted by Gasteiger charge is 2.18. The second-order valence-corrected chi connectivity index (χ2v) is 6.28. The first-order valence-electron chi connectivity index (χ1n) is 9.31. The highest BCUT2D eigenvalue weighted by Crippen LogP contribution is 2.40. The Bertz CT molecular complexity index is 922. The molecule has 2 aromatic rings. The van der Waals surface area contributed by atoms with Gasteiger partial charge < -0.3 is 29.0 Å². The molecule has 1 N–H and O–H groups in total. The molecule has 0 spiro atoms. The number of benzene rings is 2. The van der Waals surface area contributed by atoms with Crippen molar-refractivity contribution in [3.8, 4) is 23.0 Å². The van der Waals surface area contributed by atoms with Crippen molar-refractivity contribution >= 4 is 18.0 Å². The summed E-state index contributed by atoms with van der Waals surface area (Å²) in [5.74, 6) is 1.21. The van der Waals surface area contributed by atoms with Crippen LogP contribution in [-0.2, 0) is 20.9 Å². The Kier molecular flexibility index (Phi) is 7.15. The molecule has 0 aliphatic carbocycles. The number of para-hydroxylation sites is 1. The van der Waals surface area contributed by atoms with Gasteiger partial charge in [0.2, 0.25) is 5.75 Å². The van der Waals surface area contributed by atoms with E-state index >= 15 is 0 Å². The van der Waals surface area contributed by atoms with E-state index in [-0.39, 0.29) is 13.2 Å². The predicted octanol–water partition coefficient (Wildman–Crippen LogP) is 2.35. The van der Waals surface area contributed by atoms with Gasteiger partial charge in [0.25, 0.3) is 5.91 Å². The number of amides is 1. The van der Waals surface area contributed by atoms with Gasteiger partial charge in [0.1, 0.15) is 19.0 Å². The van der Waals surface area contributed by atoms with Crippen LogP contribution in [0, 0.1) is 0 Å². The molecule has 0 bridgehead atoms. The van der Waals surface area contributed by atoms with Gasteiger partial charge in [-0.15, -0.1) is 0 Å². The van der Waals surface area contributed by atoms with Crippen LogP contribution in [0.5, 0.6) is 23.0 Å². The van der Waals surface area contributed by atoms with Crippen molar-refractivity contribution < 1.29 is 33.3 Å². The summed E-state index contributed by atoms with van der Waals surface area (Å²) < 4.78 is 26.6. The van der Waals surface area contributed by atoms with E-state index in [2.05, 4.69) is 5.32 Å². The van der Waals surface area contributed by atoms with E-state index in [0.717, 1.165) is 5.56 Å². The van der Waals surface area contributed by atoms with Crippen molar-refractivity contribution in [2.24, 2.45) is 0 Å². The molecule has 0 fully saturated rings. The van der Waals surface area contributed by atoms with E-state index in [1.165, 1.54) is 13.2 Å². The van der Waals surface area contributed by atoms with Crippen LogP contribution in [0.15, 0.2) is 42.5 Å². The highest BCUT2D eigenvalue weighted by atomic mass is 16.6. The van der Waals surface area contributed by atoms with Crippen molar-refractivity contribution in [2.45, 2.75) is 6.54 Å². The number of hydrogen-bond donors (Lipinski definition) is 1. The number of methoxy groups -OCH3 is 2. The highest BCUT2D eigenvalue weighted by molar-refractivity contribution is 5.89. The standard InChI is InChI=1S/C22H23NO7/c1-26-17-6-4-3-5-16(17)13-23-20(24)14-30-21(25)8-7-15-11-18(27-2)22-19(12-15)28-9-10-29-22/h3-8,11-12H,9-10,13-14H2,1-2H3,(H,23,24)/b8-7+. The number of ether oxygens (including phenoxy) is 5. The van der Waals surface area contributed by atoms with Crippen LogP contribution < -0.4 is 24.3 Å². The molecule has 158 valence electrons. The summed E-state index contributed by atoms with van der Waals surface area (Å²) in [4.78, 5) is 23.9. The second kappa shape index (κ2) is 10.2. The van der Waals surface area contributed by atoms with E-state index in [0.29, 0.717) is 41.8 Å². The molecule has 1 aliphatic rings. The molecule has 0 radical (unpaired) electrons. The van der Waals surface area contributed by atoms with Gasteiger partial charge in [-0.1, -0.05) is 18.2 Å². The molecule has 0 saturated carbocycles. The van der Waals surface area contributed by atoms with Crippen LogP contribution in [-0.4, -0.2) is 45.9 Å². The van der Waals surface area contributed by atoms with Crippen LogP contribution in [0.1, 0.15) is 11.1 Å². The second-order valence-electron chi connectivity index (χ2n) is 6.28. The Labute approximate surface area is 174 Å². The lowest BCUT2D eigenvalue weighted by atomic mass is 10.1. The SMILES string of the molecule is COc1ccccc1CNC(=O)COC(=O)/C=C/c1cc(OC)c2c(c1)OCCO2. The number of rotatable bonds is 8. The zero-order valence-corrected chi connectivity index (χ0v) is 16.8. The number of fused-ring (bicyclic) bond motifs is 1. The molecule has 2 aromatic carbocycles. The first-order valence-corrected chi connectivity index (χ1v) is 9.31. The Morgan fingerprint density at radius 3 is 2.63 bits per heavy atom. The number of carbonyl (C=O) groups is 2. The Balaban J connectivity index is 1.50. The van der Waals surface area contributed by atoms with E-state index in [1.54, 1.807) is 31.4 Å². The number of nitrogens with one attached hydrogen (secondary N) is 1. The van der Waals surface area contributed by atoms with E-state index in [4.69, 9.17) is 23.7 Å². The largest absolute Gasteiger partial charge is 0.496 e. The van der Waals surface area contributed by atoms with Crippen molar-refractivity contribution in [3.05, 3.63) is 53.6 Å². The van der Waals surface area contributed by atoms with E-state index < -0.39 is 11.9 Å². The average Bonchev–Trinajstić information content (AvgIpc) is 2.79. The predicted molar refractivity (Wildman–Crippen MR) is 109 cm³/mol. The molecule has 0 saturated heterocycles. The lowest BCUT2D eigenvalue weighted by Crippen LogP contribution is -2.28. The quantitative estimate of drug-likeness (QED) is 0.525. The van der Waals surface area contributed by atoms with Gasteiger partial charge in [0.05, 0.1) is 14.2 Å². The van der Waals surface area contributed by atoms with Crippen molar-refractivity contribution in [2.75, 3.05) is 34.0 Å². The van der Waals surface area contributed by atoms with Gasteiger partial charge in [-0.25, -0.2) is 4.79 Å². The molecule has 1 heterocycles. The molecule has 30 heavy (non-hydrogen) atoms. The minimum atomic E-state index is -0.642. The van der Waals surface area contributed by atoms with Crippen molar-refractivity contribution in [1.29, 1.82) is 0 Å². The normalized spacial score (nSPS) is 12.3. The Hall–Kier alpha value is -3.68. The van der Waals surface area contributed by atoms with Crippen LogP contribution in [0.2, 0.25) is 0 Å². The summed E-state index contributed by atoms with van der Waals surface area (Å²) >= 11 is 0. The zero-order chi connectivity index (χ0) is 21.3. The summed E-state index contributed by atoms with van der Waals surface area (Å²) in [6.45, 7) is 0.773. The molecule has 8 nitrogen and oxygen atoms in total. The minimum Gasteiger partial charge on any atom is -0.496 e. The summed E-state index contributed by atoms with van der Waals surface area (Å²) in [6.07, 6.45) is 2.79. The van der Waals surface area contributed by atoms with Gasteiger partial charge in [-0.2, -0.15) is 0 Å². The first-order chi connectivity index (χ1) is 14.6. The zero-order valence-electron chi connectivity index (χ0n) is 16.8. The maximum atomic E-state index is 11.9. The number of esters is 1. The fourth-order valence-corrected chi connectivity index (χ4v) is 2.83. The van der Waals surface area contributed by atoms with E-state index in [1.807, 2.05) is 18.2 Å². The van der Waals surface area contributed by atoms with Gasteiger partial charge in [-0.3, -0.25) is 4.79 Å². The van der Waals surface area contributed by atoms with Gasteiger partial charge in [0.15, 0.2) is 18.1 Å². The summed E-state index contributed by atoms with van der Waals surface area (Å²) in [5, 5.41) is 2.68. The molecule has 1 amide bonds. The van der Waals surface area contributed by atoms with Gasteiger partial charge in [-0.05, 0) is 29.8 Å². The van der Waals surface area contributed by atoms with Gasteiger partial charge >= 0.3 is 5.97 Å². The summed E-state index contributed by atoms with van der Waals surface area (Å²) in [7, 11) is 3.09. The molecule has 3 rings (SSSR count).